The standard InChI is InChI=1S/C16H11N5O3/c17-8-10-1-3-11(4-2-10)9-18-16(22)15-13-7-12(21(23)24)5-6-14(13)19-20-15/h1-7H,9H2,(H,18,22)(H,19,20). The van der Waals surface area contributed by atoms with Gasteiger partial charge in [-0.1, -0.05) is 12.1 Å². The number of carbonyl (C=O) groups excluding carboxylic acids is 1. The quantitative estimate of drug-likeness (QED) is 0.563. The third-order valence-corrected chi connectivity index (χ3v) is 3.51. The molecule has 0 spiro atoms. The summed E-state index contributed by atoms with van der Waals surface area (Å²) < 4.78 is 0. The number of H-pyrrole nitrogens is 1. The predicted molar refractivity (Wildman–Crippen MR) is 85.1 cm³/mol. The summed E-state index contributed by atoms with van der Waals surface area (Å²) in [6, 6.07) is 13.0. The number of fused-ring (bicyclic) bond motifs is 1. The minimum absolute atomic E-state index is 0.0994. The number of nitrogens with one attached hydrogen (secondary N) is 2. The molecule has 0 saturated heterocycles. The first-order valence-corrected chi connectivity index (χ1v) is 6.98. The Kier molecular flexibility index (Phi) is 3.91. The number of amides is 1. The first-order chi connectivity index (χ1) is 11.6. The summed E-state index contributed by atoms with van der Waals surface area (Å²) in [6.07, 6.45) is 0. The van der Waals surface area contributed by atoms with E-state index < -0.39 is 10.8 Å². The number of nitriles is 1. The van der Waals surface area contributed by atoms with Gasteiger partial charge in [0.05, 0.1) is 22.1 Å². The Morgan fingerprint density at radius 2 is 2.04 bits per heavy atom. The average Bonchev–Trinajstić information content (AvgIpc) is 3.03. The molecule has 0 aliphatic rings. The number of nitrogens with zero attached hydrogens (tertiary/aromatic N) is 3. The van der Waals surface area contributed by atoms with Crippen LogP contribution in [0.1, 0.15) is 21.6 Å². The van der Waals surface area contributed by atoms with Crippen LogP contribution in [-0.4, -0.2) is 21.0 Å². The summed E-state index contributed by atoms with van der Waals surface area (Å²) in [5.74, 6) is -0.439. The van der Waals surface area contributed by atoms with E-state index in [4.69, 9.17) is 5.26 Å². The van der Waals surface area contributed by atoms with Gasteiger partial charge in [-0.25, -0.2) is 0 Å². The molecule has 0 aliphatic carbocycles. The molecular weight excluding hydrogens is 310 g/mol. The number of aromatic amines is 1. The fourth-order valence-electron chi connectivity index (χ4n) is 2.25. The molecule has 0 fully saturated rings. The van der Waals surface area contributed by atoms with Crippen molar-refractivity contribution in [1.82, 2.24) is 15.5 Å². The van der Waals surface area contributed by atoms with Gasteiger partial charge in [0.25, 0.3) is 11.6 Å². The highest BCUT2D eigenvalue weighted by Crippen LogP contribution is 2.22. The number of non-ortho nitro benzene ring substituents is 1. The Bertz CT molecular complexity index is 970. The van der Waals surface area contributed by atoms with Crippen molar-refractivity contribution in [3.05, 3.63) is 69.4 Å². The van der Waals surface area contributed by atoms with Crippen LogP contribution in [0.4, 0.5) is 5.69 Å². The lowest BCUT2D eigenvalue weighted by Crippen LogP contribution is -2.23. The fourth-order valence-corrected chi connectivity index (χ4v) is 2.25. The smallest absolute Gasteiger partial charge is 0.272 e. The van der Waals surface area contributed by atoms with E-state index in [1.54, 1.807) is 24.3 Å². The second kappa shape index (κ2) is 6.18. The van der Waals surface area contributed by atoms with Gasteiger partial charge < -0.3 is 5.32 Å². The highest BCUT2D eigenvalue weighted by molar-refractivity contribution is 6.05. The van der Waals surface area contributed by atoms with Crippen LogP contribution in [0.2, 0.25) is 0 Å². The highest BCUT2D eigenvalue weighted by Gasteiger charge is 2.17. The lowest BCUT2D eigenvalue weighted by Gasteiger charge is -2.04. The van der Waals surface area contributed by atoms with Crippen molar-refractivity contribution in [3.63, 3.8) is 0 Å². The number of benzene rings is 2. The van der Waals surface area contributed by atoms with Gasteiger partial charge >= 0.3 is 0 Å². The maximum Gasteiger partial charge on any atom is 0.272 e. The lowest BCUT2D eigenvalue weighted by atomic mass is 10.1. The van der Waals surface area contributed by atoms with E-state index in [1.165, 1.54) is 18.2 Å². The van der Waals surface area contributed by atoms with Gasteiger partial charge in [0.1, 0.15) is 0 Å². The molecule has 3 aromatic rings. The van der Waals surface area contributed by atoms with Gasteiger partial charge in [0.2, 0.25) is 0 Å². The zero-order valence-corrected chi connectivity index (χ0v) is 12.3. The van der Waals surface area contributed by atoms with Gasteiger partial charge in [-0.15, -0.1) is 0 Å². The van der Waals surface area contributed by atoms with Gasteiger partial charge in [-0.05, 0) is 23.8 Å². The molecule has 1 amide bonds. The van der Waals surface area contributed by atoms with E-state index in [2.05, 4.69) is 15.5 Å². The highest BCUT2D eigenvalue weighted by atomic mass is 16.6. The van der Waals surface area contributed by atoms with Crippen molar-refractivity contribution in [2.24, 2.45) is 0 Å². The van der Waals surface area contributed by atoms with Crippen LogP contribution in [0.25, 0.3) is 10.9 Å². The van der Waals surface area contributed by atoms with E-state index >= 15 is 0 Å². The molecule has 2 N–H and O–H groups in total. The fraction of sp³-hybridized carbons (Fsp3) is 0.0625. The van der Waals surface area contributed by atoms with Crippen molar-refractivity contribution >= 4 is 22.5 Å². The van der Waals surface area contributed by atoms with Gasteiger partial charge in [-0.3, -0.25) is 20.0 Å². The van der Waals surface area contributed by atoms with Crippen LogP contribution in [0.5, 0.6) is 0 Å². The molecule has 0 saturated carbocycles. The summed E-state index contributed by atoms with van der Waals surface area (Å²) >= 11 is 0. The monoisotopic (exact) mass is 321 g/mol. The average molecular weight is 321 g/mol. The molecule has 1 aromatic heterocycles. The minimum Gasteiger partial charge on any atom is -0.347 e. The topological polar surface area (TPSA) is 125 Å². The Labute approximate surface area is 135 Å². The molecule has 1 heterocycles. The Balaban J connectivity index is 1.79. The third kappa shape index (κ3) is 2.91. The van der Waals surface area contributed by atoms with Crippen LogP contribution in [0.3, 0.4) is 0 Å². The van der Waals surface area contributed by atoms with E-state index in [1.807, 2.05) is 6.07 Å². The number of aromatic nitrogens is 2. The SMILES string of the molecule is N#Cc1ccc(CNC(=O)c2n[nH]c3ccc([N+](=O)[O-])cc23)cc1. The summed E-state index contributed by atoms with van der Waals surface area (Å²) in [7, 11) is 0. The second-order valence-corrected chi connectivity index (χ2v) is 5.05. The molecule has 0 aliphatic heterocycles. The van der Waals surface area contributed by atoms with Crippen molar-refractivity contribution in [1.29, 1.82) is 5.26 Å². The second-order valence-electron chi connectivity index (χ2n) is 5.05. The maximum absolute atomic E-state index is 12.3. The molecule has 8 nitrogen and oxygen atoms in total. The van der Waals surface area contributed by atoms with Crippen molar-refractivity contribution < 1.29 is 9.72 Å². The zero-order valence-electron chi connectivity index (χ0n) is 12.3. The number of nitro groups is 1. The molecule has 0 radical (unpaired) electrons. The lowest BCUT2D eigenvalue weighted by molar-refractivity contribution is -0.384. The van der Waals surface area contributed by atoms with Crippen LogP contribution in [0, 0.1) is 21.4 Å². The largest absolute Gasteiger partial charge is 0.347 e. The first kappa shape index (κ1) is 15.2. The molecule has 8 heteroatoms. The number of hydrogen-bond donors (Lipinski definition) is 2. The summed E-state index contributed by atoms with van der Waals surface area (Å²) in [5, 5.41) is 29.3. The first-order valence-electron chi connectivity index (χ1n) is 6.98. The third-order valence-electron chi connectivity index (χ3n) is 3.51. The number of nitro benzene ring substituents is 1. The Hall–Kier alpha value is -3.73. The van der Waals surface area contributed by atoms with E-state index in [-0.39, 0.29) is 17.9 Å². The zero-order chi connectivity index (χ0) is 17.1. The molecule has 0 unspecified atom stereocenters. The predicted octanol–water partition coefficient (Wildman–Crippen LogP) is 2.27. The van der Waals surface area contributed by atoms with Crippen LogP contribution >= 0.6 is 0 Å². The van der Waals surface area contributed by atoms with E-state index in [0.29, 0.717) is 16.5 Å². The molecule has 3 rings (SSSR count). The Morgan fingerprint density at radius 3 is 2.71 bits per heavy atom. The number of hydrogen-bond acceptors (Lipinski definition) is 5. The number of rotatable bonds is 4. The van der Waals surface area contributed by atoms with Gasteiger partial charge in [-0.2, -0.15) is 10.4 Å². The van der Waals surface area contributed by atoms with Gasteiger partial charge in [0.15, 0.2) is 5.69 Å². The molecular formula is C16H11N5O3. The molecule has 2 aromatic carbocycles. The summed E-state index contributed by atoms with van der Waals surface area (Å²) in [6.45, 7) is 0.258. The van der Waals surface area contributed by atoms with Crippen molar-refractivity contribution in [2.45, 2.75) is 6.54 Å². The molecule has 118 valence electrons. The number of carbonyl (C=O) groups is 1. The van der Waals surface area contributed by atoms with Crippen LogP contribution in [-0.2, 0) is 6.54 Å². The maximum atomic E-state index is 12.3. The van der Waals surface area contributed by atoms with Gasteiger partial charge in [0, 0.05) is 24.1 Å². The van der Waals surface area contributed by atoms with Crippen LogP contribution < -0.4 is 5.32 Å². The minimum atomic E-state index is -0.523. The molecule has 24 heavy (non-hydrogen) atoms. The molecule has 0 atom stereocenters. The summed E-state index contributed by atoms with van der Waals surface area (Å²) in [4.78, 5) is 22.6. The normalized spacial score (nSPS) is 10.3. The summed E-state index contributed by atoms with van der Waals surface area (Å²) in [5.41, 5.74) is 1.90. The van der Waals surface area contributed by atoms with E-state index in [0.717, 1.165) is 5.56 Å². The van der Waals surface area contributed by atoms with Crippen molar-refractivity contribution in [3.8, 4) is 6.07 Å². The van der Waals surface area contributed by atoms with Crippen molar-refractivity contribution in [2.75, 3.05) is 0 Å². The Morgan fingerprint density at radius 1 is 1.29 bits per heavy atom. The van der Waals surface area contributed by atoms with Crippen LogP contribution in [0.15, 0.2) is 42.5 Å². The molecule has 0 bridgehead atoms. The van der Waals surface area contributed by atoms with E-state index in [9.17, 15) is 14.9 Å².